The lowest BCUT2D eigenvalue weighted by atomic mass is 9.97. The average molecular weight is 284 g/mol. The van der Waals surface area contributed by atoms with Gasteiger partial charge in [-0.25, -0.2) is 0 Å². The second kappa shape index (κ2) is 3.82. The SMILES string of the molecule is CCCC1C=C(I)c2ccccc21. The van der Waals surface area contributed by atoms with Crippen LogP contribution in [0.1, 0.15) is 36.8 Å². The first-order valence-electron chi connectivity index (χ1n) is 4.79. The van der Waals surface area contributed by atoms with Gasteiger partial charge < -0.3 is 0 Å². The van der Waals surface area contributed by atoms with Crippen LogP contribution in [0.25, 0.3) is 3.58 Å². The Labute approximate surface area is 93.2 Å². The zero-order valence-electron chi connectivity index (χ0n) is 7.76. The first-order valence-corrected chi connectivity index (χ1v) is 5.87. The number of hydrogen-bond acceptors (Lipinski definition) is 0. The lowest BCUT2D eigenvalue weighted by molar-refractivity contribution is 0.725. The minimum absolute atomic E-state index is 0.674. The van der Waals surface area contributed by atoms with Crippen LogP contribution in [0, 0.1) is 0 Å². The predicted octanol–water partition coefficient (Wildman–Crippen LogP) is 4.36. The van der Waals surface area contributed by atoms with E-state index in [0.29, 0.717) is 5.92 Å². The molecule has 0 spiro atoms. The van der Waals surface area contributed by atoms with Gasteiger partial charge in [0, 0.05) is 9.50 Å². The Balaban J connectivity index is 2.38. The van der Waals surface area contributed by atoms with Crippen LogP contribution in [-0.2, 0) is 0 Å². The van der Waals surface area contributed by atoms with E-state index in [2.05, 4.69) is 59.9 Å². The van der Waals surface area contributed by atoms with Gasteiger partial charge in [-0.15, -0.1) is 0 Å². The summed E-state index contributed by atoms with van der Waals surface area (Å²) in [7, 11) is 0. The van der Waals surface area contributed by atoms with Crippen molar-refractivity contribution in [1.29, 1.82) is 0 Å². The van der Waals surface area contributed by atoms with Gasteiger partial charge in [0.2, 0.25) is 0 Å². The number of fused-ring (bicyclic) bond motifs is 1. The molecule has 0 saturated heterocycles. The molecule has 0 aromatic heterocycles. The van der Waals surface area contributed by atoms with Gasteiger partial charge in [0.05, 0.1) is 0 Å². The summed E-state index contributed by atoms with van der Waals surface area (Å²) in [6.07, 6.45) is 4.94. The minimum atomic E-state index is 0.674. The number of benzene rings is 1. The fourth-order valence-corrected chi connectivity index (χ4v) is 2.87. The molecule has 0 radical (unpaired) electrons. The van der Waals surface area contributed by atoms with E-state index in [9.17, 15) is 0 Å². The van der Waals surface area contributed by atoms with Crippen LogP contribution in [0.4, 0.5) is 0 Å². The van der Waals surface area contributed by atoms with Crippen molar-refractivity contribution < 1.29 is 0 Å². The van der Waals surface area contributed by atoms with Gasteiger partial charge >= 0.3 is 0 Å². The Hall–Kier alpha value is -0.310. The van der Waals surface area contributed by atoms with E-state index < -0.39 is 0 Å². The monoisotopic (exact) mass is 284 g/mol. The molecule has 68 valence electrons. The van der Waals surface area contributed by atoms with Crippen LogP contribution in [0.15, 0.2) is 30.3 Å². The average Bonchev–Trinajstić information content (AvgIpc) is 2.46. The van der Waals surface area contributed by atoms with Crippen LogP contribution < -0.4 is 0 Å². The molecule has 1 aliphatic rings. The molecular formula is C12H13I. The normalized spacial score (nSPS) is 19.8. The van der Waals surface area contributed by atoms with Crippen molar-refractivity contribution in [2.75, 3.05) is 0 Å². The number of allylic oxidation sites excluding steroid dienone is 1. The van der Waals surface area contributed by atoms with Gasteiger partial charge in [0.1, 0.15) is 0 Å². The molecule has 0 amide bonds. The minimum Gasteiger partial charge on any atom is -0.0653 e. The molecule has 2 rings (SSSR count). The third kappa shape index (κ3) is 1.66. The first kappa shape index (κ1) is 9.25. The maximum Gasteiger partial charge on any atom is 0.0172 e. The predicted molar refractivity (Wildman–Crippen MR) is 66.1 cm³/mol. The molecule has 1 heteroatoms. The van der Waals surface area contributed by atoms with Crippen molar-refractivity contribution in [1.82, 2.24) is 0 Å². The second-order valence-electron chi connectivity index (χ2n) is 3.50. The number of rotatable bonds is 2. The molecule has 0 fully saturated rings. The molecule has 0 nitrogen and oxygen atoms in total. The third-order valence-electron chi connectivity index (χ3n) is 2.56. The summed E-state index contributed by atoms with van der Waals surface area (Å²) < 4.78 is 1.42. The Morgan fingerprint density at radius 2 is 2.08 bits per heavy atom. The molecule has 1 aromatic rings. The van der Waals surface area contributed by atoms with Crippen molar-refractivity contribution in [2.45, 2.75) is 25.7 Å². The van der Waals surface area contributed by atoms with Crippen molar-refractivity contribution in [3.63, 3.8) is 0 Å². The van der Waals surface area contributed by atoms with Crippen molar-refractivity contribution >= 4 is 26.2 Å². The smallest absolute Gasteiger partial charge is 0.0172 e. The summed E-state index contributed by atoms with van der Waals surface area (Å²) in [6.45, 7) is 2.25. The molecule has 0 saturated carbocycles. The fourth-order valence-electron chi connectivity index (χ4n) is 1.94. The Morgan fingerprint density at radius 1 is 1.31 bits per heavy atom. The first-order chi connectivity index (χ1) is 6.33. The van der Waals surface area contributed by atoms with Crippen LogP contribution in [0.2, 0.25) is 0 Å². The van der Waals surface area contributed by atoms with Crippen molar-refractivity contribution in [3.8, 4) is 0 Å². The highest BCUT2D eigenvalue weighted by Crippen LogP contribution is 2.41. The van der Waals surface area contributed by atoms with Gasteiger partial charge in [-0.1, -0.05) is 43.7 Å². The van der Waals surface area contributed by atoms with E-state index in [1.54, 1.807) is 0 Å². The highest BCUT2D eigenvalue weighted by atomic mass is 127. The zero-order valence-corrected chi connectivity index (χ0v) is 9.91. The van der Waals surface area contributed by atoms with Crippen LogP contribution >= 0.6 is 22.6 Å². The van der Waals surface area contributed by atoms with Gasteiger partial charge in [0.15, 0.2) is 0 Å². The highest BCUT2D eigenvalue weighted by molar-refractivity contribution is 14.1. The fraction of sp³-hybridized carbons (Fsp3) is 0.333. The molecular weight excluding hydrogens is 271 g/mol. The molecule has 0 heterocycles. The molecule has 1 aromatic carbocycles. The summed E-state index contributed by atoms with van der Waals surface area (Å²) in [4.78, 5) is 0. The van der Waals surface area contributed by atoms with Crippen molar-refractivity contribution in [2.24, 2.45) is 0 Å². The summed E-state index contributed by atoms with van der Waals surface area (Å²) in [6, 6.07) is 8.76. The number of hydrogen-bond donors (Lipinski definition) is 0. The second-order valence-corrected chi connectivity index (χ2v) is 4.66. The highest BCUT2D eigenvalue weighted by Gasteiger charge is 2.19. The van der Waals surface area contributed by atoms with E-state index in [-0.39, 0.29) is 0 Å². The zero-order chi connectivity index (χ0) is 9.26. The van der Waals surface area contributed by atoms with E-state index in [1.165, 1.54) is 27.5 Å². The Bertz CT molecular complexity index is 339. The van der Waals surface area contributed by atoms with Crippen LogP contribution in [0.3, 0.4) is 0 Å². The van der Waals surface area contributed by atoms with Crippen molar-refractivity contribution in [3.05, 3.63) is 41.5 Å². The summed E-state index contributed by atoms with van der Waals surface area (Å²) in [5, 5.41) is 0. The molecule has 1 aliphatic carbocycles. The maximum absolute atomic E-state index is 2.44. The number of halogens is 1. The Kier molecular flexibility index (Phi) is 2.72. The standard InChI is InChI=1S/C12H13I/c1-2-5-9-8-12(13)11-7-4-3-6-10(9)11/h3-4,6-9H,2,5H2,1H3. The molecule has 1 unspecified atom stereocenters. The van der Waals surface area contributed by atoms with Gasteiger partial charge in [0.25, 0.3) is 0 Å². The van der Waals surface area contributed by atoms with E-state index >= 15 is 0 Å². The molecule has 0 N–H and O–H groups in total. The third-order valence-corrected chi connectivity index (χ3v) is 3.51. The molecule has 0 bridgehead atoms. The largest absolute Gasteiger partial charge is 0.0653 e. The van der Waals surface area contributed by atoms with E-state index in [4.69, 9.17) is 0 Å². The van der Waals surface area contributed by atoms with E-state index in [1.807, 2.05) is 0 Å². The molecule has 0 aliphatic heterocycles. The van der Waals surface area contributed by atoms with E-state index in [0.717, 1.165) is 0 Å². The summed E-state index contributed by atoms with van der Waals surface area (Å²) in [5.41, 5.74) is 2.97. The summed E-state index contributed by atoms with van der Waals surface area (Å²) >= 11 is 2.44. The van der Waals surface area contributed by atoms with Gasteiger partial charge in [-0.3, -0.25) is 0 Å². The Morgan fingerprint density at radius 3 is 2.85 bits per heavy atom. The molecule has 13 heavy (non-hydrogen) atoms. The lowest BCUT2D eigenvalue weighted by Gasteiger charge is -2.08. The van der Waals surface area contributed by atoms with Crippen LogP contribution in [0.5, 0.6) is 0 Å². The quantitative estimate of drug-likeness (QED) is 0.708. The van der Waals surface area contributed by atoms with Gasteiger partial charge in [-0.05, 0) is 40.1 Å². The summed E-state index contributed by atoms with van der Waals surface area (Å²) in [5.74, 6) is 0.674. The topological polar surface area (TPSA) is 0 Å². The van der Waals surface area contributed by atoms with Crippen LogP contribution in [-0.4, -0.2) is 0 Å². The van der Waals surface area contributed by atoms with Gasteiger partial charge in [-0.2, -0.15) is 0 Å². The lowest BCUT2D eigenvalue weighted by Crippen LogP contribution is -1.91. The molecule has 1 atom stereocenters. The maximum atomic E-state index is 2.44.